The van der Waals surface area contributed by atoms with Crippen molar-refractivity contribution in [2.75, 3.05) is 12.1 Å². The van der Waals surface area contributed by atoms with Crippen LogP contribution in [0.5, 0.6) is 0 Å². The number of nitrogens with one attached hydrogen (secondary N) is 1. The molecular formula is C13H25NO2S. The molecule has 0 spiro atoms. The van der Waals surface area contributed by atoms with Gasteiger partial charge in [0.05, 0.1) is 6.04 Å². The van der Waals surface area contributed by atoms with Crippen LogP contribution in [0.2, 0.25) is 0 Å². The molecule has 3 nitrogen and oxygen atoms in total. The Balaban J connectivity index is 4.29. The molecular weight excluding hydrogens is 234 g/mol. The van der Waals surface area contributed by atoms with Crippen LogP contribution >= 0.6 is 11.8 Å². The van der Waals surface area contributed by atoms with Gasteiger partial charge in [0.2, 0.25) is 0 Å². The van der Waals surface area contributed by atoms with Gasteiger partial charge in [-0.15, -0.1) is 11.8 Å². The number of carbonyl (C=O) groups is 2. The van der Waals surface area contributed by atoms with Crippen LogP contribution in [0.4, 0.5) is 0 Å². The van der Waals surface area contributed by atoms with E-state index in [1.165, 1.54) is 0 Å². The molecule has 0 aromatic rings. The topological polar surface area (TPSA) is 46.2 Å². The minimum absolute atomic E-state index is 0.0171. The molecule has 0 aromatic heterocycles. The maximum atomic E-state index is 11.9. The second kappa shape index (κ2) is 8.70. The second-order valence-electron chi connectivity index (χ2n) is 4.91. The van der Waals surface area contributed by atoms with E-state index < -0.39 is 0 Å². The van der Waals surface area contributed by atoms with E-state index >= 15 is 0 Å². The highest BCUT2D eigenvalue weighted by Gasteiger charge is 2.21. The summed E-state index contributed by atoms with van der Waals surface area (Å²) in [6, 6.07) is -0.176. The number of ketones is 2. The van der Waals surface area contributed by atoms with Crippen molar-refractivity contribution in [1.29, 1.82) is 0 Å². The summed E-state index contributed by atoms with van der Waals surface area (Å²) in [6.07, 6.45) is 3.10. The lowest BCUT2D eigenvalue weighted by molar-refractivity contribution is -0.125. The van der Waals surface area contributed by atoms with Gasteiger partial charge in [-0.1, -0.05) is 27.7 Å². The normalized spacial score (nSPS) is 13.1. The summed E-state index contributed by atoms with van der Waals surface area (Å²) in [7, 11) is 0. The highest BCUT2D eigenvalue weighted by molar-refractivity contribution is 7.98. The SMILES string of the molecule is CSCN[C@H](CCC(=O)C(C)C)C(=O)C(C)C. The molecule has 0 fully saturated rings. The summed E-state index contributed by atoms with van der Waals surface area (Å²) < 4.78 is 0. The van der Waals surface area contributed by atoms with Crippen LogP contribution in [0.3, 0.4) is 0 Å². The third-order valence-corrected chi connectivity index (χ3v) is 3.17. The van der Waals surface area contributed by atoms with Gasteiger partial charge in [0.15, 0.2) is 5.78 Å². The van der Waals surface area contributed by atoms with E-state index in [9.17, 15) is 9.59 Å². The van der Waals surface area contributed by atoms with Crippen LogP contribution in [0, 0.1) is 11.8 Å². The fourth-order valence-corrected chi connectivity index (χ4v) is 1.87. The molecule has 100 valence electrons. The predicted octanol–water partition coefficient (Wildman–Crippen LogP) is 2.50. The van der Waals surface area contributed by atoms with Crippen molar-refractivity contribution in [3.63, 3.8) is 0 Å². The zero-order chi connectivity index (χ0) is 13.4. The summed E-state index contributed by atoms with van der Waals surface area (Å²) in [5.41, 5.74) is 0. The number of carbonyl (C=O) groups excluding carboxylic acids is 2. The standard InChI is InChI=1S/C13H25NO2S/c1-9(2)12(15)7-6-11(14-8-17-5)13(16)10(3)4/h9-11,14H,6-8H2,1-5H3/t11-/m1/s1. The molecule has 0 amide bonds. The van der Waals surface area contributed by atoms with Crippen LogP contribution < -0.4 is 5.32 Å². The van der Waals surface area contributed by atoms with Crippen LogP contribution in [0.25, 0.3) is 0 Å². The molecule has 0 bridgehead atoms. The fourth-order valence-electron chi connectivity index (χ4n) is 1.51. The molecule has 1 atom stereocenters. The fraction of sp³-hybridized carbons (Fsp3) is 0.846. The van der Waals surface area contributed by atoms with Gasteiger partial charge in [0.1, 0.15) is 5.78 Å². The Morgan fingerprint density at radius 1 is 1.12 bits per heavy atom. The first-order chi connectivity index (χ1) is 7.90. The number of Topliss-reactive ketones (excluding diaryl/α,β-unsaturated/α-hetero) is 2. The summed E-state index contributed by atoms with van der Waals surface area (Å²) in [5.74, 6) is 1.26. The second-order valence-corrected chi connectivity index (χ2v) is 5.77. The van der Waals surface area contributed by atoms with Gasteiger partial charge in [-0.05, 0) is 12.7 Å². The Hall–Kier alpha value is -0.350. The zero-order valence-electron chi connectivity index (χ0n) is 11.6. The molecule has 17 heavy (non-hydrogen) atoms. The van der Waals surface area contributed by atoms with Gasteiger partial charge in [-0.25, -0.2) is 0 Å². The molecule has 0 aliphatic rings. The van der Waals surface area contributed by atoms with Crippen molar-refractivity contribution in [3.8, 4) is 0 Å². The molecule has 0 saturated heterocycles. The Kier molecular flexibility index (Phi) is 8.52. The van der Waals surface area contributed by atoms with Gasteiger partial charge < -0.3 is 0 Å². The van der Waals surface area contributed by atoms with Gasteiger partial charge in [0, 0.05) is 24.1 Å². The highest BCUT2D eigenvalue weighted by atomic mass is 32.2. The van der Waals surface area contributed by atoms with Crippen molar-refractivity contribution < 1.29 is 9.59 Å². The quantitative estimate of drug-likeness (QED) is 0.646. The van der Waals surface area contributed by atoms with E-state index in [0.717, 1.165) is 5.88 Å². The molecule has 0 unspecified atom stereocenters. The van der Waals surface area contributed by atoms with Crippen molar-refractivity contribution in [2.45, 2.75) is 46.6 Å². The Morgan fingerprint density at radius 2 is 1.71 bits per heavy atom. The largest absolute Gasteiger partial charge is 0.299 e. The lowest BCUT2D eigenvalue weighted by Gasteiger charge is -2.19. The first-order valence-corrected chi connectivity index (χ1v) is 7.58. The van der Waals surface area contributed by atoms with Gasteiger partial charge in [-0.2, -0.15) is 0 Å². The van der Waals surface area contributed by atoms with Gasteiger partial charge in [0.25, 0.3) is 0 Å². The molecule has 4 heteroatoms. The predicted molar refractivity (Wildman–Crippen MR) is 74.2 cm³/mol. The Bertz CT molecular complexity index is 252. The van der Waals surface area contributed by atoms with Crippen molar-refractivity contribution in [3.05, 3.63) is 0 Å². The first kappa shape index (κ1) is 16.6. The van der Waals surface area contributed by atoms with E-state index in [4.69, 9.17) is 0 Å². The Morgan fingerprint density at radius 3 is 2.12 bits per heavy atom. The highest BCUT2D eigenvalue weighted by Crippen LogP contribution is 2.10. The van der Waals surface area contributed by atoms with Crippen molar-refractivity contribution in [2.24, 2.45) is 11.8 Å². The smallest absolute Gasteiger partial charge is 0.152 e. The minimum atomic E-state index is -0.176. The molecule has 0 aromatic carbocycles. The monoisotopic (exact) mass is 259 g/mol. The number of hydrogen-bond donors (Lipinski definition) is 1. The summed E-state index contributed by atoms with van der Waals surface area (Å²) in [6.45, 7) is 7.61. The first-order valence-electron chi connectivity index (χ1n) is 6.18. The number of thioether (sulfide) groups is 1. The van der Waals surface area contributed by atoms with Crippen LogP contribution in [0.15, 0.2) is 0 Å². The Labute approximate surface area is 109 Å². The molecule has 0 aliphatic heterocycles. The van der Waals surface area contributed by atoms with Gasteiger partial charge >= 0.3 is 0 Å². The molecule has 0 radical (unpaired) electrons. The number of hydrogen-bond acceptors (Lipinski definition) is 4. The van der Waals surface area contributed by atoms with E-state index in [0.29, 0.717) is 12.8 Å². The van der Waals surface area contributed by atoms with E-state index in [1.54, 1.807) is 11.8 Å². The zero-order valence-corrected chi connectivity index (χ0v) is 12.4. The van der Waals surface area contributed by atoms with E-state index in [-0.39, 0.29) is 29.4 Å². The average Bonchev–Trinajstić information content (AvgIpc) is 2.27. The average molecular weight is 259 g/mol. The lowest BCUT2D eigenvalue weighted by Crippen LogP contribution is -2.39. The summed E-state index contributed by atoms with van der Waals surface area (Å²) in [4.78, 5) is 23.5. The lowest BCUT2D eigenvalue weighted by atomic mass is 9.95. The minimum Gasteiger partial charge on any atom is -0.299 e. The molecule has 1 N–H and O–H groups in total. The van der Waals surface area contributed by atoms with Crippen molar-refractivity contribution >= 4 is 23.3 Å². The molecule has 0 heterocycles. The maximum absolute atomic E-state index is 11.9. The van der Waals surface area contributed by atoms with Crippen molar-refractivity contribution in [1.82, 2.24) is 5.32 Å². The summed E-state index contributed by atoms with van der Waals surface area (Å²) >= 11 is 1.65. The number of rotatable bonds is 9. The third kappa shape index (κ3) is 6.84. The molecule has 0 rings (SSSR count). The third-order valence-electron chi connectivity index (χ3n) is 2.71. The van der Waals surface area contributed by atoms with E-state index in [2.05, 4.69) is 5.32 Å². The van der Waals surface area contributed by atoms with E-state index in [1.807, 2.05) is 34.0 Å². The van der Waals surface area contributed by atoms with Crippen LogP contribution in [-0.4, -0.2) is 29.7 Å². The molecule has 0 saturated carbocycles. The van der Waals surface area contributed by atoms with Crippen LogP contribution in [0.1, 0.15) is 40.5 Å². The molecule has 0 aliphatic carbocycles. The van der Waals surface area contributed by atoms with Gasteiger partial charge in [-0.3, -0.25) is 14.9 Å². The maximum Gasteiger partial charge on any atom is 0.152 e. The van der Waals surface area contributed by atoms with Crippen LogP contribution in [-0.2, 0) is 9.59 Å². The summed E-state index contributed by atoms with van der Waals surface area (Å²) in [5, 5.41) is 3.21.